The molecule has 0 aliphatic heterocycles. The van der Waals surface area contributed by atoms with Crippen molar-refractivity contribution in [3.63, 3.8) is 0 Å². The van der Waals surface area contributed by atoms with Crippen LogP contribution in [0.25, 0.3) is 0 Å². The van der Waals surface area contributed by atoms with E-state index in [-0.39, 0.29) is 0 Å². The van der Waals surface area contributed by atoms with Gasteiger partial charge in [0, 0.05) is 26.2 Å². The molecule has 0 aromatic carbocycles. The molecule has 0 aromatic rings. The van der Waals surface area contributed by atoms with Crippen LogP contribution in [0, 0.1) is 0 Å². The van der Waals surface area contributed by atoms with Gasteiger partial charge in [0.25, 0.3) is 0 Å². The average molecular weight is 202 g/mol. The predicted molar refractivity (Wildman–Crippen MR) is 61.8 cm³/mol. The maximum Gasteiger partial charge on any atom is 0.0593 e. The largest absolute Gasteiger partial charge is 0.380 e. The van der Waals surface area contributed by atoms with Crippen molar-refractivity contribution in [2.45, 2.75) is 27.2 Å². The number of hydrogen-bond acceptors (Lipinski definition) is 3. The van der Waals surface area contributed by atoms with Gasteiger partial charge in [-0.2, -0.15) is 0 Å². The molecule has 1 N–H and O–H groups in total. The molecule has 0 aliphatic carbocycles. The monoisotopic (exact) mass is 202 g/mol. The standard InChI is InChI=1S/C11H26N2O/c1-4-7-12-8-9-13(5-2)10-11-14-6-3/h12H,4-11H2,1-3H3. The molecule has 0 aromatic heterocycles. The van der Waals surface area contributed by atoms with Gasteiger partial charge in [0.15, 0.2) is 0 Å². The van der Waals surface area contributed by atoms with Gasteiger partial charge < -0.3 is 15.0 Å². The van der Waals surface area contributed by atoms with E-state index in [1.54, 1.807) is 0 Å². The van der Waals surface area contributed by atoms with Gasteiger partial charge in [-0.3, -0.25) is 0 Å². The lowest BCUT2D eigenvalue weighted by molar-refractivity contribution is 0.115. The fraction of sp³-hybridized carbons (Fsp3) is 1.00. The molecule has 0 amide bonds. The molecule has 0 aliphatic rings. The second-order valence-electron chi connectivity index (χ2n) is 3.38. The maximum absolute atomic E-state index is 5.33. The zero-order valence-electron chi connectivity index (χ0n) is 10.0. The fourth-order valence-electron chi connectivity index (χ4n) is 1.30. The SMILES string of the molecule is CCCNCCN(CC)CCOCC. The number of rotatable bonds is 10. The van der Waals surface area contributed by atoms with Gasteiger partial charge in [0.2, 0.25) is 0 Å². The van der Waals surface area contributed by atoms with E-state index in [1.165, 1.54) is 6.42 Å². The molecule has 0 radical (unpaired) electrons. The summed E-state index contributed by atoms with van der Waals surface area (Å²) < 4.78 is 5.33. The minimum atomic E-state index is 0.825. The van der Waals surface area contributed by atoms with E-state index in [0.717, 1.165) is 45.9 Å². The first kappa shape index (κ1) is 13.9. The average Bonchev–Trinajstić information content (AvgIpc) is 2.22. The van der Waals surface area contributed by atoms with Gasteiger partial charge in [0.05, 0.1) is 6.61 Å². The topological polar surface area (TPSA) is 24.5 Å². The molecule has 0 saturated heterocycles. The number of nitrogens with one attached hydrogen (secondary N) is 1. The van der Waals surface area contributed by atoms with Gasteiger partial charge in [-0.1, -0.05) is 13.8 Å². The molecule has 0 atom stereocenters. The van der Waals surface area contributed by atoms with E-state index in [9.17, 15) is 0 Å². The number of nitrogens with zero attached hydrogens (tertiary/aromatic N) is 1. The number of hydrogen-bond donors (Lipinski definition) is 1. The third-order valence-electron chi connectivity index (χ3n) is 2.23. The van der Waals surface area contributed by atoms with Crippen molar-refractivity contribution in [3.8, 4) is 0 Å². The molecule has 0 rings (SSSR count). The smallest absolute Gasteiger partial charge is 0.0593 e. The van der Waals surface area contributed by atoms with Gasteiger partial charge >= 0.3 is 0 Å². The summed E-state index contributed by atoms with van der Waals surface area (Å²) in [5, 5.41) is 3.41. The first-order valence-corrected chi connectivity index (χ1v) is 5.85. The molecule has 0 saturated carbocycles. The lowest BCUT2D eigenvalue weighted by Crippen LogP contribution is -2.34. The first-order valence-electron chi connectivity index (χ1n) is 5.85. The Morgan fingerprint density at radius 2 is 1.86 bits per heavy atom. The summed E-state index contributed by atoms with van der Waals surface area (Å²) in [4.78, 5) is 2.42. The summed E-state index contributed by atoms with van der Waals surface area (Å²) in [5.41, 5.74) is 0. The van der Waals surface area contributed by atoms with E-state index in [4.69, 9.17) is 4.74 Å². The molecule has 14 heavy (non-hydrogen) atoms. The maximum atomic E-state index is 5.33. The van der Waals surface area contributed by atoms with Gasteiger partial charge in [-0.05, 0) is 26.4 Å². The van der Waals surface area contributed by atoms with Crippen LogP contribution in [-0.2, 0) is 4.74 Å². The van der Waals surface area contributed by atoms with Crippen molar-refractivity contribution < 1.29 is 4.74 Å². The van der Waals surface area contributed by atoms with E-state index in [0.29, 0.717) is 0 Å². The van der Waals surface area contributed by atoms with Crippen molar-refractivity contribution in [2.24, 2.45) is 0 Å². The van der Waals surface area contributed by atoms with Crippen LogP contribution in [-0.4, -0.2) is 50.8 Å². The summed E-state index contributed by atoms with van der Waals surface area (Å²) in [6.07, 6.45) is 1.21. The molecule has 0 fully saturated rings. The second kappa shape index (κ2) is 11.0. The Labute approximate surface area is 88.8 Å². The molecule has 0 heterocycles. The van der Waals surface area contributed by atoms with Crippen molar-refractivity contribution in [1.29, 1.82) is 0 Å². The van der Waals surface area contributed by atoms with Crippen LogP contribution in [0.5, 0.6) is 0 Å². The van der Waals surface area contributed by atoms with Gasteiger partial charge in [-0.25, -0.2) is 0 Å². The highest BCUT2D eigenvalue weighted by molar-refractivity contribution is 4.57. The van der Waals surface area contributed by atoms with E-state index in [2.05, 4.69) is 24.1 Å². The van der Waals surface area contributed by atoms with Crippen molar-refractivity contribution in [3.05, 3.63) is 0 Å². The van der Waals surface area contributed by atoms with Crippen LogP contribution < -0.4 is 5.32 Å². The number of likely N-dealkylation sites (N-methyl/N-ethyl adjacent to an activating group) is 1. The molecular weight excluding hydrogens is 176 g/mol. The zero-order valence-corrected chi connectivity index (χ0v) is 10.0. The Morgan fingerprint density at radius 1 is 1.07 bits per heavy atom. The third-order valence-corrected chi connectivity index (χ3v) is 2.23. The highest BCUT2D eigenvalue weighted by atomic mass is 16.5. The number of ether oxygens (including phenoxy) is 1. The highest BCUT2D eigenvalue weighted by Gasteiger charge is 2.00. The van der Waals surface area contributed by atoms with Crippen molar-refractivity contribution >= 4 is 0 Å². The van der Waals surface area contributed by atoms with Crippen LogP contribution in [0.2, 0.25) is 0 Å². The van der Waals surface area contributed by atoms with Crippen molar-refractivity contribution in [1.82, 2.24) is 10.2 Å². The molecule has 86 valence electrons. The van der Waals surface area contributed by atoms with E-state index < -0.39 is 0 Å². The van der Waals surface area contributed by atoms with Gasteiger partial charge in [0.1, 0.15) is 0 Å². The molecule has 3 nitrogen and oxygen atoms in total. The minimum Gasteiger partial charge on any atom is -0.380 e. The summed E-state index contributed by atoms with van der Waals surface area (Å²) >= 11 is 0. The van der Waals surface area contributed by atoms with Crippen molar-refractivity contribution in [2.75, 3.05) is 45.9 Å². The zero-order chi connectivity index (χ0) is 10.6. The molecule has 0 unspecified atom stereocenters. The molecular formula is C11H26N2O. The predicted octanol–water partition coefficient (Wildman–Crippen LogP) is 1.34. The van der Waals surface area contributed by atoms with Crippen LogP contribution in [0.4, 0.5) is 0 Å². The lowest BCUT2D eigenvalue weighted by atomic mass is 10.4. The van der Waals surface area contributed by atoms with E-state index in [1.807, 2.05) is 6.92 Å². The summed E-state index contributed by atoms with van der Waals surface area (Å²) in [6, 6.07) is 0. The Balaban J connectivity index is 3.28. The first-order chi connectivity index (χ1) is 6.85. The van der Waals surface area contributed by atoms with E-state index >= 15 is 0 Å². The van der Waals surface area contributed by atoms with Gasteiger partial charge in [-0.15, -0.1) is 0 Å². The molecule has 3 heteroatoms. The normalized spacial score (nSPS) is 11.1. The highest BCUT2D eigenvalue weighted by Crippen LogP contribution is 1.87. The Kier molecular flexibility index (Phi) is 10.9. The van der Waals surface area contributed by atoms with Crippen LogP contribution >= 0.6 is 0 Å². The van der Waals surface area contributed by atoms with Crippen LogP contribution in [0.15, 0.2) is 0 Å². The quantitative estimate of drug-likeness (QED) is 0.541. The second-order valence-corrected chi connectivity index (χ2v) is 3.38. The van der Waals surface area contributed by atoms with Crippen LogP contribution in [0.3, 0.4) is 0 Å². The third kappa shape index (κ3) is 8.48. The Morgan fingerprint density at radius 3 is 2.43 bits per heavy atom. The van der Waals surface area contributed by atoms with Crippen LogP contribution in [0.1, 0.15) is 27.2 Å². The molecule has 0 bridgehead atoms. The molecule has 0 spiro atoms. The summed E-state index contributed by atoms with van der Waals surface area (Å²) in [7, 11) is 0. The Hall–Kier alpha value is -0.120. The summed E-state index contributed by atoms with van der Waals surface area (Å²) in [5.74, 6) is 0. The Bertz CT molecular complexity index is 109. The lowest BCUT2D eigenvalue weighted by Gasteiger charge is -2.20. The summed E-state index contributed by atoms with van der Waals surface area (Å²) in [6.45, 7) is 13.6. The minimum absolute atomic E-state index is 0.825. The fourth-order valence-corrected chi connectivity index (χ4v) is 1.30.